The fourth-order valence-electron chi connectivity index (χ4n) is 1.35. The Balaban J connectivity index is 2.88. The second-order valence-corrected chi connectivity index (χ2v) is 6.81. The van der Waals surface area contributed by atoms with Crippen LogP contribution >= 0.6 is 23.2 Å². The Labute approximate surface area is 121 Å². The molecule has 0 heterocycles. The van der Waals surface area contributed by atoms with Gasteiger partial charge in [-0.1, -0.05) is 29.3 Å². The van der Waals surface area contributed by atoms with Gasteiger partial charge in [-0.25, -0.2) is 12.7 Å². The highest BCUT2D eigenvalue weighted by molar-refractivity contribution is 7.88. The molecule has 1 rings (SSSR count). The summed E-state index contributed by atoms with van der Waals surface area (Å²) >= 11 is 11.8. The van der Waals surface area contributed by atoms with E-state index < -0.39 is 16.0 Å². The normalized spacial score (nSPS) is 11.8. The molecule has 1 aromatic carbocycles. The van der Waals surface area contributed by atoms with Gasteiger partial charge in [0, 0.05) is 29.2 Å². The minimum Gasteiger partial charge on any atom is -0.481 e. The Bertz CT molecular complexity index is 554. The predicted molar refractivity (Wildman–Crippen MR) is 74.0 cm³/mol. The summed E-state index contributed by atoms with van der Waals surface area (Å²) in [5, 5.41) is 9.08. The number of halogens is 2. The van der Waals surface area contributed by atoms with Gasteiger partial charge in [0.15, 0.2) is 0 Å². The van der Waals surface area contributed by atoms with Gasteiger partial charge >= 0.3 is 5.97 Å². The van der Waals surface area contributed by atoms with E-state index in [1.807, 2.05) is 0 Å². The third kappa shape index (κ3) is 4.65. The Kier molecular flexibility index (Phi) is 5.61. The van der Waals surface area contributed by atoms with Gasteiger partial charge < -0.3 is 5.11 Å². The predicted octanol–water partition coefficient (Wildman–Crippen LogP) is 2.23. The fourth-order valence-corrected chi connectivity index (χ4v) is 3.31. The highest BCUT2D eigenvalue weighted by Crippen LogP contribution is 2.26. The maximum atomic E-state index is 12.0. The standard InChI is InChI=1S/C11H13Cl2NO4S/c1-14(6-5-11(15)16)19(17,18)7-8-9(12)3-2-4-10(8)13/h2-4H,5-7H2,1H3,(H,15,16). The molecule has 0 saturated carbocycles. The summed E-state index contributed by atoms with van der Waals surface area (Å²) < 4.78 is 25.1. The number of nitrogens with zero attached hydrogens (tertiary/aromatic N) is 1. The van der Waals surface area contributed by atoms with Crippen LogP contribution in [0.15, 0.2) is 18.2 Å². The van der Waals surface area contributed by atoms with Gasteiger partial charge in [0.25, 0.3) is 0 Å². The highest BCUT2D eigenvalue weighted by Gasteiger charge is 2.21. The van der Waals surface area contributed by atoms with Crippen molar-refractivity contribution in [1.82, 2.24) is 4.31 Å². The van der Waals surface area contributed by atoms with Crippen LogP contribution in [0.1, 0.15) is 12.0 Å². The number of hydrogen-bond acceptors (Lipinski definition) is 3. The van der Waals surface area contributed by atoms with Gasteiger partial charge in [0.1, 0.15) is 0 Å². The van der Waals surface area contributed by atoms with Crippen LogP contribution in [0, 0.1) is 0 Å². The maximum Gasteiger partial charge on any atom is 0.304 e. The average molecular weight is 326 g/mol. The van der Waals surface area contributed by atoms with Crippen molar-refractivity contribution in [3.63, 3.8) is 0 Å². The lowest BCUT2D eigenvalue weighted by Crippen LogP contribution is -2.30. The molecule has 0 bridgehead atoms. The number of rotatable bonds is 6. The SMILES string of the molecule is CN(CCC(=O)O)S(=O)(=O)Cc1c(Cl)cccc1Cl. The van der Waals surface area contributed by atoms with Crippen molar-refractivity contribution in [2.45, 2.75) is 12.2 Å². The van der Waals surface area contributed by atoms with Gasteiger partial charge in [0.05, 0.1) is 12.2 Å². The summed E-state index contributed by atoms with van der Waals surface area (Å²) in [5.74, 6) is -1.42. The first-order valence-electron chi connectivity index (χ1n) is 5.32. The first-order valence-corrected chi connectivity index (χ1v) is 7.69. The number of carbonyl (C=O) groups is 1. The van der Waals surface area contributed by atoms with Gasteiger partial charge in [-0.05, 0) is 12.1 Å². The van der Waals surface area contributed by atoms with Crippen LogP contribution in [-0.2, 0) is 20.6 Å². The molecule has 0 fully saturated rings. The van der Waals surface area contributed by atoms with Gasteiger partial charge in [-0.15, -0.1) is 0 Å². The summed E-state index contributed by atoms with van der Waals surface area (Å²) in [6.45, 7) is -0.0975. The summed E-state index contributed by atoms with van der Waals surface area (Å²) in [6.07, 6.45) is -0.258. The molecule has 106 valence electrons. The van der Waals surface area contributed by atoms with Crippen molar-refractivity contribution in [3.8, 4) is 0 Å². The first-order chi connectivity index (χ1) is 8.74. The number of benzene rings is 1. The molecular formula is C11H13Cl2NO4S. The quantitative estimate of drug-likeness (QED) is 0.870. The Morgan fingerprint density at radius 1 is 1.32 bits per heavy atom. The van der Waals surface area contributed by atoms with E-state index in [0.29, 0.717) is 5.56 Å². The minimum absolute atomic E-state index is 0.0975. The molecular weight excluding hydrogens is 313 g/mol. The number of carboxylic acids is 1. The van der Waals surface area contributed by atoms with Crippen LogP contribution in [-0.4, -0.2) is 37.4 Å². The van der Waals surface area contributed by atoms with E-state index in [1.54, 1.807) is 18.2 Å². The molecule has 0 atom stereocenters. The van der Waals surface area contributed by atoms with Gasteiger partial charge in [-0.3, -0.25) is 4.79 Å². The molecule has 0 amide bonds. The molecule has 0 aliphatic rings. The molecule has 1 N–H and O–H groups in total. The Morgan fingerprint density at radius 2 is 1.84 bits per heavy atom. The molecule has 8 heteroatoms. The number of carboxylic acid groups (broad SMARTS) is 1. The highest BCUT2D eigenvalue weighted by atomic mass is 35.5. The summed E-state index contributed by atoms with van der Waals surface area (Å²) in [5.41, 5.74) is 0.313. The lowest BCUT2D eigenvalue weighted by molar-refractivity contribution is -0.137. The Hall–Kier alpha value is -0.820. The molecule has 19 heavy (non-hydrogen) atoms. The molecule has 0 spiro atoms. The second-order valence-electron chi connectivity index (χ2n) is 3.92. The monoisotopic (exact) mass is 325 g/mol. The second kappa shape index (κ2) is 6.56. The zero-order valence-electron chi connectivity index (χ0n) is 10.1. The van der Waals surface area contributed by atoms with Crippen LogP contribution in [0.4, 0.5) is 0 Å². The third-order valence-electron chi connectivity index (χ3n) is 2.50. The van der Waals surface area contributed by atoms with Crippen molar-refractivity contribution in [1.29, 1.82) is 0 Å². The average Bonchev–Trinajstić information content (AvgIpc) is 2.31. The van der Waals surface area contributed by atoms with E-state index in [9.17, 15) is 13.2 Å². The van der Waals surface area contributed by atoms with Crippen LogP contribution in [0.2, 0.25) is 10.0 Å². The van der Waals surface area contributed by atoms with Crippen LogP contribution in [0.5, 0.6) is 0 Å². The molecule has 0 saturated heterocycles. The molecule has 0 unspecified atom stereocenters. The van der Waals surface area contributed by atoms with Gasteiger partial charge in [-0.2, -0.15) is 0 Å². The summed E-state index contributed by atoms with van der Waals surface area (Å²) in [4.78, 5) is 10.4. The zero-order chi connectivity index (χ0) is 14.6. The smallest absolute Gasteiger partial charge is 0.304 e. The minimum atomic E-state index is -3.65. The van der Waals surface area contributed by atoms with Gasteiger partial charge in [0.2, 0.25) is 10.0 Å². The van der Waals surface area contributed by atoms with Crippen molar-refractivity contribution in [2.75, 3.05) is 13.6 Å². The number of hydrogen-bond donors (Lipinski definition) is 1. The van der Waals surface area contributed by atoms with E-state index in [4.69, 9.17) is 28.3 Å². The summed E-state index contributed by atoms with van der Waals surface area (Å²) in [6, 6.07) is 4.72. The molecule has 1 aromatic rings. The van der Waals surface area contributed by atoms with E-state index >= 15 is 0 Å². The van der Waals surface area contributed by atoms with Crippen LogP contribution in [0.25, 0.3) is 0 Å². The molecule has 0 aliphatic heterocycles. The maximum absolute atomic E-state index is 12.0. The lowest BCUT2D eigenvalue weighted by atomic mass is 10.2. The van der Waals surface area contributed by atoms with Crippen LogP contribution < -0.4 is 0 Å². The molecule has 0 aromatic heterocycles. The van der Waals surface area contributed by atoms with E-state index in [-0.39, 0.29) is 28.8 Å². The molecule has 0 radical (unpaired) electrons. The lowest BCUT2D eigenvalue weighted by Gasteiger charge is -2.17. The first kappa shape index (κ1) is 16.2. The largest absolute Gasteiger partial charge is 0.481 e. The zero-order valence-corrected chi connectivity index (χ0v) is 12.5. The van der Waals surface area contributed by atoms with Crippen molar-refractivity contribution in [2.24, 2.45) is 0 Å². The number of sulfonamides is 1. The van der Waals surface area contributed by atoms with Crippen molar-refractivity contribution in [3.05, 3.63) is 33.8 Å². The van der Waals surface area contributed by atoms with Crippen molar-refractivity contribution < 1.29 is 18.3 Å². The van der Waals surface area contributed by atoms with Crippen molar-refractivity contribution >= 4 is 39.2 Å². The van der Waals surface area contributed by atoms with E-state index in [2.05, 4.69) is 0 Å². The van der Waals surface area contributed by atoms with E-state index in [0.717, 1.165) is 4.31 Å². The fraction of sp³-hybridized carbons (Fsp3) is 0.364. The molecule has 5 nitrogen and oxygen atoms in total. The van der Waals surface area contributed by atoms with Crippen LogP contribution in [0.3, 0.4) is 0 Å². The topological polar surface area (TPSA) is 74.7 Å². The van der Waals surface area contributed by atoms with E-state index in [1.165, 1.54) is 7.05 Å². The number of aliphatic carboxylic acids is 1. The molecule has 0 aliphatic carbocycles. The summed E-state index contributed by atoms with van der Waals surface area (Å²) in [7, 11) is -2.33. The third-order valence-corrected chi connectivity index (χ3v) is 5.00. The Morgan fingerprint density at radius 3 is 2.32 bits per heavy atom.